The summed E-state index contributed by atoms with van der Waals surface area (Å²) in [5.74, 6) is 0.866. The molecule has 1 unspecified atom stereocenters. The summed E-state index contributed by atoms with van der Waals surface area (Å²) in [6.07, 6.45) is 0. The minimum absolute atomic E-state index is 0.552. The molecule has 1 aromatic rings. The molecule has 17 heavy (non-hydrogen) atoms. The van der Waals surface area contributed by atoms with E-state index in [4.69, 9.17) is 4.74 Å². The van der Waals surface area contributed by atoms with Gasteiger partial charge in [0.15, 0.2) is 0 Å². The molecule has 0 bridgehead atoms. The number of rotatable bonds is 5. The van der Waals surface area contributed by atoms with Gasteiger partial charge in [-0.2, -0.15) is 0 Å². The second-order valence-corrected chi connectivity index (χ2v) is 4.69. The van der Waals surface area contributed by atoms with Gasteiger partial charge in [-0.3, -0.25) is 0 Å². The minimum atomic E-state index is -0.850. The number of hydrogen-bond donors (Lipinski definition) is 2. The third-order valence-electron chi connectivity index (χ3n) is 3.04. The molecule has 1 atom stereocenters. The molecule has 0 aliphatic carbocycles. The van der Waals surface area contributed by atoms with Crippen LogP contribution in [-0.4, -0.2) is 25.3 Å². The molecule has 0 heterocycles. The topological polar surface area (TPSA) is 41.5 Å². The molecule has 3 nitrogen and oxygen atoms in total. The first kappa shape index (κ1) is 14.0. The average Bonchev–Trinajstić information content (AvgIpc) is 2.28. The van der Waals surface area contributed by atoms with Gasteiger partial charge >= 0.3 is 0 Å². The van der Waals surface area contributed by atoms with Crippen LogP contribution < -0.4 is 10.1 Å². The van der Waals surface area contributed by atoms with Gasteiger partial charge in [-0.15, -0.1) is 0 Å². The number of likely N-dealkylation sites (N-methyl/N-ethyl adjacent to an activating group) is 1. The van der Waals surface area contributed by atoms with Gasteiger partial charge in [-0.25, -0.2) is 0 Å². The van der Waals surface area contributed by atoms with Crippen molar-refractivity contribution in [1.82, 2.24) is 5.32 Å². The normalized spacial score (nSPS) is 14.5. The number of benzene rings is 1. The fourth-order valence-electron chi connectivity index (χ4n) is 2.05. The zero-order valence-electron chi connectivity index (χ0n) is 11.4. The van der Waals surface area contributed by atoms with Crippen molar-refractivity contribution >= 4 is 0 Å². The molecular weight excluding hydrogens is 214 g/mol. The Hall–Kier alpha value is -1.06. The third-order valence-corrected chi connectivity index (χ3v) is 3.04. The zero-order valence-corrected chi connectivity index (χ0v) is 11.4. The van der Waals surface area contributed by atoms with Gasteiger partial charge in [0.25, 0.3) is 0 Å². The fourth-order valence-corrected chi connectivity index (χ4v) is 2.05. The molecule has 0 aliphatic heterocycles. The van der Waals surface area contributed by atoms with E-state index in [0.717, 1.165) is 29.0 Å². The van der Waals surface area contributed by atoms with Crippen molar-refractivity contribution in [3.63, 3.8) is 0 Å². The third kappa shape index (κ3) is 3.20. The number of nitrogens with one attached hydrogen (secondary N) is 1. The Morgan fingerprint density at radius 2 is 1.94 bits per heavy atom. The van der Waals surface area contributed by atoms with Crippen LogP contribution in [0.15, 0.2) is 12.1 Å². The van der Waals surface area contributed by atoms with Gasteiger partial charge in [-0.1, -0.05) is 6.92 Å². The highest BCUT2D eigenvalue weighted by atomic mass is 16.5. The molecule has 0 amide bonds. The Bertz CT molecular complexity index is 386. The van der Waals surface area contributed by atoms with E-state index in [1.165, 1.54) is 0 Å². The van der Waals surface area contributed by atoms with E-state index >= 15 is 0 Å². The molecule has 0 aliphatic rings. The molecule has 1 aromatic carbocycles. The molecular formula is C14H23NO2. The number of aryl methyl sites for hydroxylation is 2. The molecule has 0 saturated heterocycles. The quantitative estimate of drug-likeness (QED) is 0.824. The maximum Gasteiger partial charge on any atom is 0.122 e. The monoisotopic (exact) mass is 237 g/mol. The van der Waals surface area contributed by atoms with Crippen LogP contribution in [0.25, 0.3) is 0 Å². The lowest BCUT2D eigenvalue weighted by molar-refractivity contribution is 0.0569. The second kappa shape index (κ2) is 5.52. The number of methoxy groups -OCH3 is 1. The summed E-state index contributed by atoms with van der Waals surface area (Å²) >= 11 is 0. The van der Waals surface area contributed by atoms with Gasteiger partial charge in [0.1, 0.15) is 5.75 Å². The lowest BCUT2D eigenvalue weighted by Gasteiger charge is -2.27. The summed E-state index contributed by atoms with van der Waals surface area (Å²) in [7, 11) is 1.66. The summed E-state index contributed by atoms with van der Waals surface area (Å²) < 4.78 is 5.28. The van der Waals surface area contributed by atoms with Gasteiger partial charge in [-0.05, 0) is 56.1 Å². The van der Waals surface area contributed by atoms with E-state index in [9.17, 15) is 5.11 Å². The molecule has 1 rings (SSSR count). The summed E-state index contributed by atoms with van der Waals surface area (Å²) in [6.45, 7) is 9.26. The van der Waals surface area contributed by atoms with Gasteiger partial charge in [0.05, 0.1) is 12.7 Å². The highest BCUT2D eigenvalue weighted by Gasteiger charge is 2.25. The molecule has 0 fully saturated rings. The molecule has 0 radical (unpaired) electrons. The van der Waals surface area contributed by atoms with Crippen LogP contribution in [0.1, 0.15) is 30.5 Å². The van der Waals surface area contributed by atoms with Crippen molar-refractivity contribution in [2.24, 2.45) is 0 Å². The Balaban J connectivity index is 3.09. The highest BCUT2D eigenvalue weighted by Crippen LogP contribution is 2.29. The van der Waals surface area contributed by atoms with E-state index in [2.05, 4.69) is 5.32 Å². The predicted molar refractivity (Wildman–Crippen MR) is 70.6 cm³/mol. The Morgan fingerprint density at radius 3 is 2.47 bits per heavy atom. The van der Waals surface area contributed by atoms with Crippen molar-refractivity contribution in [1.29, 1.82) is 0 Å². The maximum absolute atomic E-state index is 10.5. The first-order chi connectivity index (χ1) is 7.92. The summed E-state index contributed by atoms with van der Waals surface area (Å²) in [6, 6.07) is 3.98. The summed E-state index contributed by atoms with van der Waals surface area (Å²) in [5, 5.41) is 13.7. The van der Waals surface area contributed by atoms with Crippen molar-refractivity contribution < 1.29 is 9.84 Å². The van der Waals surface area contributed by atoms with Crippen LogP contribution in [0.2, 0.25) is 0 Å². The number of ether oxygens (including phenoxy) is 1. The van der Waals surface area contributed by atoms with E-state index in [1.807, 2.05) is 39.8 Å². The fraction of sp³-hybridized carbons (Fsp3) is 0.571. The molecule has 96 valence electrons. The van der Waals surface area contributed by atoms with Crippen LogP contribution in [-0.2, 0) is 5.60 Å². The highest BCUT2D eigenvalue weighted by molar-refractivity contribution is 5.43. The molecule has 0 saturated carbocycles. The van der Waals surface area contributed by atoms with Crippen molar-refractivity contribution in [2.45, 2.75) is 33.3 Å². The predicted octanol–water partition coefficient (Wildman–Crippen LogP) is 2.13. The maximum atomic E-state index is 10.5. The van der Waals surface area contributed by atoms with E-state index in [0.29, 0.717) is 6.54 Å². The van der Waals surface area contributed by atoms with Crippen molar-refractivity contribution in [3.8, 4) is 5.75 Å². The Morgan fingerprint density at radius 1 is 1.29 bits per heavy atom. The minimum Gasteiger partial charge on any atom is -0.496 e. The van der Waals surface area contributed by atoms with Crippen LogP contribution in [0.3, 0.4) is 0 Å². The molecule has 2 N–H and O–H groups in total. The summed E-state index contributed by atoms with van der Waals surface area (Å²) in [5.41, 5.74) is 2.20. The van der Waals surface area contributed by atoms with Gasteiger partial charge < -0.3 is 15.2 Å². The second-order valence-electron chi connectivity index (χ2n) is 4.69. The Labute approximate surface area is 104 Å². The lowest BCUT2D eigenvalue weighted by Crippen LogP contribution is -2.36. The largest absolute Gasteiger partial charge is 0.496 e. The first-order valence-corrected chi connectivity index (χ1v) is 6.01. The molecule has 3 heteroatoms. The van der Waals surface area contributed by atoms with Crippen LogP contribution in [0.4, 0.5) is 0 Å². The van der Waals surface area contributed by atoms with E-state index in [1.54, 1.807) is 7.11 Å². The zero-order chi connectivity index (χ0) is 13.1. The van der Waals surface area contributed by atoms with Crippen LogP contribution in [0.5, 0.6) is 5.75 Å². The van der Waals surface area contributed by atoms with Crippen LogP contribution in [0, 0.1) is 13.8 Å². The van der Waals surface area contributed by atoms with E-state index < -0.39 is 5.60 Å². The number of hydrogen-bond acceptors (Lipinski definition) is 3. The smallest absolute Gasteiger partial charge is 0.122 e. The number of aliphatic hydroxyl groups is 1. The van der Waals surface area contributed by atoms with Crippen molar-refractivity contribution in [2.75, 3.05) is 20.2 Å². The standard InChI is InChI=1S/C14H23NO2/c1-6-15-9-14(4,16)12-7-11(3)13(17-5)8-10(12)2/h7-8,15-16H,6,9H2,1-5H3. The van der Waals surface area contributed by atoms with Gasteiger partial charge in [0.2, 0.25) is 0 Å². The molecule has 0 spiro atoms. The lowest BCUT2D eigenvalue weighted by atomic mass is 9.90. The van der Waals surface area contributed by atoms with E-state index in [-0.39, 0.29) is 0 Å². The first-order valence-electron chi connectivity index (χ1n) is 6.01. The van der Waals surface area contributed by atoms with Crippen LogP contribution >= 0.6 is 0 Å². The summed E-state index contributed by atoms with van der Waals surface area (Å²) in [4.78, 5) is 0. The molecule has 0 aromatic heterocycles. The van der Waals surface area contributed by atoms with Crippen molar-refractivity contribution in [3.05, 3.63) is 28.8 Å². The van der Waals surface area contributed by atoms with Gasteiger partial charge in [0, 0.05) is 6.54 Å². The Kier molecular flexibility index (Phi) is 4.54. The average molecular weight is 237 g/mol. The SMILES string of the molecule is CCNCC(C)(O)c1cc(C)c(OC)cc1C.